The number of nitrogens with zero attached hydrogens (tertiary/aromatic N) is 2. The molecule has 0 aliphatic heterocycles. The van der Waals surface area contributed by atoms with Crippen LogP contribution < -0.4 is 14.8 Å². The van der Waals surface area contributed by atoms with Crippen LogP contribution in [0.3, 0.4) is 0 Å². The highest BCUT2D eigenvalue weighted by Crippen LogP contribution is 2.32. The predicted molar refractivity (Wildman–Crippen MR) is 126 cm³/mol. The molecule has 0 saturated heterocycles. The molecular weight excluding hydrogens is 452 g/mol. The Bertz CT molecular complexity index is 1130. The molecule has 0 aliphatic carbocycles. The summed E-state index contributed by atoms with van der Waals surface area (Å²) in [6, 6.07) is 10.5. The van der Waals surface area contributed by atoms with Crippen LogP contribution in [0.2, 0.25) is 0 Å². The fourth-order valence-corrected chi connectivity index (χ4v) is 4.35. The van der Waals surface area contributed by atoms with E-state index in [1.54, 1.807) is 55.8 Å². The molecule has 3 rings (SSSR count). The molecule has 2 N–H and O–H groups in total. The summed E-state index contributed by atoms with van der Waals surface area (Å²) < 4.78 is 30.6. The smallest absolute Gasteiger partial charge is 0.418 e. The molecule has 0 saturated carbocycles. The summed E-state index contributed by atoms with van der Waals surface area (Å²) in [5.74, 6) is 4.38. The van der Waals surface area contributed by atoms with Gasteiger partial charge >= 0.3 is 6.09 Å². The van der Waals surface area contributed by atoms with Gasteiger partial charge in [-0.25, -0.2) is 18.7 Å². The van der Waals surface area contributed by atoms with E-state index in [-0.39, 0.29) is 6.61 Å². The molecule has 0 radical (unpaired) electrons. The molecule has 0 bridgehead atoms. The van der Waals surface area contributed by atoms with Crippen LogP contribution in [0.25, 0.3) is 10.4 Å². The van der Waals surface area contributed by atoms with Crippen molar-refractivity contribution in [3.05, 3.63) is 48.0 Å². The van der Waals surface area contributed by atoms with Crippen molar-refractivity contribution < 1.29 is 23.2 Å². The lowest BCUT2D eigenvalue weighted by Crippen LogP contribution is -2.30. The van der Waals surface area contributed by atoms with Crippen LogP contribution in [0.5, 0.6) is 5.88 Å². The summed E-state index contributed by atoms with van der Waals surface area (Å²) in [5.41, 5.74) is 1.45. The number of thiophene rings is 1. The Hall–Kier alpha value is -3.15. The van der Waals surface area contributed by atoms with Crippen LogP contribution in [0, 0.1) is 0 Å². The van der Waals surface area contributed by atoms with E-state index < -0.39 is 15.8 Å². The van der Waals surface area contributed by atoms with Gasteiger partial charge in [0.25, 0.3) is 0 Å². The molecule has 1 amide bonds. The molecule has 170 valence electrons. The first-order valence-corrected chi connectivity index (χ1v) is 12.2. The highest BCUT2D eigenvalue weighted by molar-refractivity contribution is 7.99. The maximum absolute atomic E-state index is 12.7. The lowest BCUT2D eigenvalue weighted by atomic mass is 10.2. The average molecular weight is 477 g/mol. The third-order valence-electron chi connectivity index (χ3n) is 4.08. The standard InChI is InChI=1S/C21H24N4O5S2/c1-4-29-21(26)25-32(3,27)16-9-7-15(8-10-16)23-20-22-14-17(18-6-5-13-31-18)19(24-20)30-12-11-28-2/h5-10,13-14H,3-4,11-12H2,1-2H3,(H,22,23,24)(H,25,26,27). The number of anilines is 2. The number of rotatable bonds is 10. The Morgan fingerprint density at radius 1 is 1.22 bits per heavy atom. The number of benzene rings is 1. The van der Waals surface area contributed by atoms with Crippen molar-refractivity contribution in [1.82, 2.24) is 14.7 Å². The van der Waals surface area contributed by atoms with Crippen LogP contribution in [-0.2, 0) is 19.2 Å². The van der Waals surface area contributed by atoms with Crippen LogP contribution in [0.1, 0.15) is 6.92 Å². The minimum absolute atomic E-state index is 0.173. The van der Waals surface area contributed by atoms with Crippen molar-refractivity contribution in [3.63, 3.8) is 0 Å². The fourth-order valence-electron chi connectivity index (χ4n) is 2.60. The molecule has 32 heavy (non-hydrogen) atoms. The first-order valence-electron chi connectivity index (χ1n) is 9.64. The molecule has 11 heteroatoms. The Labute approximate surface area is 190 Å². The third kappa shape index (κ3) is 6.19. The van der Waals surface area contributed by atoms with E-state index >= 15 is 0 Å². The molecule has 2 heterocycles. The molecule has 1 aromatic carbocycles. The average Bonchev–Trinajstić information content (AvgIpc) is 3.29. The molecule has 0 fully saturated rings. The largest absolute Gasteiger partial charge is 0.475 e. The van der Waals surface area contributed by atoms with Crippen molar-refractivity contribution >= 4 is 44.6 Å². The van der Waals surface area contributed by atoms with Crippen molar-refractivity contribution in [3.8, 4) is 16.3 Å². The number of amides is 1. The Kier molecular flexibility index (Phi) is 8.03. The Balaban J connectivity index is 1.76. The predicted octanol–water partition coefficient (Wildman–Crippen LogP) is 3.71. The van der Waals surface area contributed by atoms with E-state index in [1.165, 1.54) is 0 Å². The second kappa shape index (κ2) is 10.9. The quantitative estimate of drug-likeness (QED) is 0.336. The number of hydrogen-bond donors (Lipinski definition) is 2. The summed E-state index contributed by atoms with van der Waals surface area (Å²) in [4.78, 5) is 21.8. The summed E-state index contributed by atoms with van der Waals surface area (Å²) in [5, 5.41) is 5.06. The minimum atomic E-state index is -3.04. The fraction of sp³-hybridized carbons (Fsp3) is 0.238. The van der Waals surface area contributed by atoms with Gasteiger partial charge in [0, 0.05) is 28.8 Å². The van der Waals surface area contributed by atoms with E-state index in [0.717, 1.165) is 10.4 Å². The van der Waals surface area contributed by atoms with Crippen molar-refractivity contribution in [1.29, 1.82) is 0 Å². The third-order valence-corrected chi connectivity index (χ3v) is 6.51. The molecule has 1 atom stereocenters. The second-order valence-corrected chi connectivity index (χ2v) is 9.35. The second-order valence-electron chi connectivity index (χ2n) is 6.38. The number of carbonyl (C=O) groups is 1. The van der Waals surface area contributed by atoms with E-state index in [4.69, 9.17) is 14.2 Å². The molecule has 2 aromatic heterocycles. The number of hydrogen-bond acceptors (Lipinski definition) is 9. The number of nitrogens with one attached hydrogen (secondary N) is 2. The van der Waals surface area contributed by atoms with Gasteiger partial charge in [0.1, 0.15) is 6.61 Å². The molecule has 0 spiro atoms. The summed E-state index contributed by atoms with van der Waals surface area (Å²) >= 11 is 1.57. The number of aromatic nitrogens is 2. The zero-order valence-corrected chi connectivity index (χ0v) is 19.3. The van der Waals surface area contributed by atoms with Crippen molar-refractivity contribution in [2.24, 2.45) is 0 Å². The van der Waals surface area contributed by atoms with Crippen molar-refractivity contribution in [2.45, 2.75) is 11.8 Å². The van der Waals surface area contributed by atoms with Crippen LogP contribution >= 0.6 is 11.3 Å². The summed E-state index contributed by atoms with van der Waals surface area (Å²) in [7, 11) is -1.43. The Morgan fingerprint density at radius 3 is 2.66 bits per heavy atom. The van der Waals surface area contributed by atoms with Gasteiger partial charge in [-0.1, -0.05) is 6.07 Å². The van der Waals surface area contributed by atoms with Gasteiger partial charge in [0.05, 0.1) is 28.5 Å². The van der Waals surface area contributed by atoms with Gasteiger partial charge in [-0.05, 0) is 48.5 Å². The van der Waals surface area contributed by atoms with Crippen LogP contribution in [0.4, 0.5) is 16.4 Å². The monoisotopic (exact) mass is 476 g/mol. The van der Waals surface area contributed by atoms with Crippen LogP contribution in [0.15, 0.2) is 52.9 Å². The lowest BCUT2D eigenvalue weighted by molar-refractivity contribution is 0.144. The SMILES string of the molecule is C=S(=O)(NC(=O)OCC)c1ccc(Nc2ncc(-c3cccs3)c(OCCOC)n2)cc1. The zero-order chi connectivity index (χ0) is 23.0. The van der Waals surface area contributed by atoms with E-state index in [1.807, 2.05) is 17.5 Å². The molecule has 1 unspecified atom stereocenters. The topological polar surface area (TPSA) is 112 Å². The highest BCUT2D eigenvalue weighted by Gasteiger charge is 2.14. The molecule has 0 aliphatic rings. The van der Waals surface area contributed by atoms with Gasteiger partial charge in [0.15, 0.2) is 0 Å². The van der Waals surface area contributed by atoms with Gasteiger partial charge in [0.2, 0.25) is 11.8 Å². The molecular formula is C21H24N4O5S2. The summed E-state index contributed by atoms with van der Waals surface area (Å²) in [6.07, 6.45) is 0.916. The van der Waals surface area contributed by atoms with Crippen LogP contribution in [-0.4, -0.2) is 53.1 Å². The number of carbonyl (C=O) groups excluding carboxylic acids is 1. The summed E-state index contributed by atoms with van der Waals surface area (Å²) in [6.45, 7) is 2.62. The van der Waals surface area contributed by atoms with Crippen molar-refractivity contribution in [2.75, 3.05) is 32.2 Å². The molecule has 9 nitrogen and oxygen atoms in total. The zero-order valence-electron chi connectivity index (χ0n) is 17.7. The van der Waals surface area contributed by atoms with E-state index in [2.05, 4.69) is 25.9 Å². The Morgan fingerprint density at radius 2 is 2.00 bits per heavy atom. The molecule has 3 aromatic rings. The number of methoxy groups -OCH3 is 1. The maximum atomic E-state index is 12.7. The van der Waals surface area contributed by atoms with Gasteiger partial charge < -0.3 is 19.5 Å². The maximum Gasteiger partial charge on any atom is 0.418 e. The first-order chi connectivity index (χ1) is 15.4. The van der Waals surface area contributed by atoms with E-state index in [9.17, 15) is 9.00 Å². The highest BCUT2D eigenvalue weighted by atomic mass is 32.2. The first kappa shape index (κ1) is 23.5. The number of ether oxygens (including phenoxy) is 3. The minimum Gasteiger partial charge on any atom is -0.475 e. The normalized spacial score (nSPS) is 12.6. The van der Waals surface area contributed by atoms with Gasteiger partial charge in [-0.2, -0.15) is 4.98 Å². The van der Waals surface area contributed by atoms with E-state index in [0.29, 0.717) is 35.6 Å². The lowest BCUT2D eigenvalue weighted by Gasteiger charge is -2.13. The van der Waals surface area contributed by atoms with Gasteiger partial charge in [-0.3, -0.25) is 0 Å². The van der Waals surface area contributed by atoms with Gasteiger partial charge in [-0.15, -0.1) is 11.3 Å².